The van der Waals surface area contributed by atoms with Gasteiger partial charge in [-0.05, 0) is 0 Å². The Balaban J connectivity index is 0.00000162. The lowest BCUT2D eigenvalue weighted by Crippen LogP contribution is -3.00. The summed E-state index contributed by atoms with van der Waals surface area (Å²) in [6, 6.07) is 6.26. The van der Waals surface area contributed by atoms with Crippen LogP contribution >= 0.6 is 0 Å². The summed E-state index contributed by atoms with van der Waals surface area (Å²) in [5.41, 5.74) is 0.709. The Labute approximate surface area is 120 Å². The molecule has 0 bridgehead atoms. The van der Waals surface area contributed by atoms with Crippen LogP contribution < -0.4 is 28.7 Å². The van der Waals surface area contributed by atoms with E-state index in [9.17, 15) is 10.1 Å². The number of hydrogen-bond acceptors (Lipinski definition) is 4. The van der Waals surface area contributed by atoms with Gasteiger partial charge in [0.1, 0.15) is 0 Å². The third-order valence-electron chi connectivity index (χ3n) is 2.06. The lowest BCUT2D eigenvalue weighted by Gasteiger charge is -1.92. The lowest BCUT2D eigenvalue weighted by atomic mass is 10.2. The molecule has 2 rings (SSSR count). The minimum Gasteiger partial charge on any atom is -1.00 e. The predicted octanol–water partition coefficient (Wildman–Crippen LogP) is -2.50. The molecule has 0 spiro atoms. The zero-order chi connectivity index (χ0) is 12.3. The summed E-state index contributed by atoms with van der Waals surface area (Å²) in [6.07, 6.45) is 4.75. The van der Waals surface area contributed by atoms with Crippen molar-refractivity contribution in [1.29, 1.82) is 0 Å². The molecule has 0 radical (unpaired) electrons. The number of non-ortho nitro benzene ring substituents is 1. The van der Waals surface area contributed by atoms with Crippen molar-refractivity contribution < 1.29 is 33.6 Å². The van der Waals surface area contributed by atoms with Crippen molar-refractivity contribution in [2.24, 2.45) is 12.1 Å². The van der Waals surface area contributed by atoms with Gasteiger partial charge in [0.05, 0.1) is 18.2 Å². The van der Waals surface area contributed by atoms with E-state index in [1.54, 1.807) is 30.2 Å². The molecule has 0 unspecified atom stereocenters. The van der Waals surface area contributed by atoms with Crippen LogP contribution in [0, 0.1) is 10.1 Å². The summed E-state index contributed by atoms with van der Waals surface area (Å²) in [4.78, 5) is 10.1. The molecule has 0 saturated carbocycles. The van der Waals surface area contributed by atoms with E-state index < -0.39 is 4.92 Å². The Morgan fingerprint density at radius 3 is 2.94 bits per heavy atom. The molecular formula is C10H10IN5O2. The quantitative estimate of drug-likeness (QED) is 0.200. The summed E-state index contributed by atoms with van der Waals surface area (Å²) in [7, 11) is 1.78. The molecule has 0 aliphatic heterocycles. The maximum absolute atomic E-state index is 10.6. The third-order valence-corrected chi connectivity index (χ3v) is 2.06. The van der Waals surface area contributed by atoms with Gasteiger partial charge in [-0.3, -0.25) is 10.1 Å². The number of aromatic nitrogens is 3. The molecule has 0 N–H and O–H groups in total. The molecule has 1 aromatic heterocycles. The number of rotatable bonds is 3. The van der Waals surface area contributed by atoms with Gasteiger partial charge in [0.25, 0.3) is 12.0 Å². The van der Waals surface area contributed by atoms with Crippen LogP contribution in [0.1, 0.15) is 5.56 Å². The van der Waals surface area contributed by atoms with Crippen LogP contribution in [-0.2, 0) is 7.05 Å². The maximum atomic E-state index is 10.6. The monoisotopic (exact) mass is 359 g/mol. The average molecular weight is 359 g/mol. The third kappa shape index (κ3) is 3.58. The van der Waals surface area contributed by atoms with Crippen molar-refractivity contribution in [3.8, 4) is 0 Å². The second kappa shape index (κ2) is 6.19. The van der Waals surface area contributed by atoms with Gasteiger partial charge in [0.15, 0.2) is 0 Å². The zero-order valence-electron chi connectivity index (χ0n) is 9.47. The zero-order valence-corrected chi connectivity index (χ0v) is 11.6. The normalized spacial score (nSPS) is 10.3. The topological polar surface area (TPSA) is 77.2 Å². The van der Waals surface area contributed by atoms with Gasteiger partial charge in [-0.25, -0.2) is 0 Å². The SMILES string of the molecule is Cn1c[n+](/N=C/c2cccc([N+](=O)[O-])c2)cn1.[I-]. The molecule has 0 saturated heterocycles. The highest BCUT2D eigenvalue weighted by molar-refractivity contribution is 5.79. The largest absolute Gasteiger partial charge is 1.00 e. The van der Waals surface area contributed by atoms with E-state index in [0.29, 0.717) is 5.56 Å². The van der Waals surface area contributed by atoms with Crippen molar-refractivity contribution in [3.63, 3.8) is 0 Å². The molecule has 0 fully saturated rings. The van der Waals surface area contributed by atoms with E-state index in [2.05, 4.69) is 10.2 Å². The van der Waals surface area contributed by atoms with Gasteiger partial charge >= 0.3 is 0 Å². The molecular weight excluding hydrogens is 349 g/mol. The first-order valence-electron chi connectivity index (χ1n) is 4.84. The van der Waals surface area contributed by atoms with Crippen molar-refractivity contribution in [1.82, 2.24) is 9.78 Å². The molecule has 7 nitrogen and oxygen atoms in total. The highest BCUT2D eigenvalue weighted by atomic mass is 127. The number of nitro groups is 1. The highest BCUT2D eigenvalue weighted by Crippen LogP contribution is 2.11. The van der Waals surface area contributed by atoms with Gasteiger partial charge in [0.2, 0.25) is 6.33 Å². The standard InChI is InChI=1S/C10H10N5O2.HI/c1-13-8-14(7-12-13)11-6-9-3-2-4-10(5-9)15(16)17;/h2-8H,1H3;1H/q+1;/p-1/b11-6+;. The maximum Gasteiger partial charge on any atom is 0.288 e. The number of nitro benzene ring substituents is 1. The summed E-state index contributed by atoms with van der Waals surface area (Å²) in [5, 5.41) is 18.6. The van der Waals surface area contributed by atoms with Crippen molar-refractivity contribution in [2.45, 2.75) is 0 Å². The van der Waals surface area contributed by atoms with Crippen LogP contribution in [-0.4, -0.2) is 20.9 Å². The predicted molar refractivity (Wildman–Crippen MR) is 59.5 cm³/mol. The van der Waals surface area contributed by atoms with Gasteiger partial charge in [-0.1, -0.05) is 12.1 Å². The van der Waals surface area contributed by atoms with E-state index in [4.69, 9.17) is 0 Å². The lowest BCUT2D eigenvalue weighted by molar-refractivity contribution is -0.679. The summed E-state index contributed by atoms with van der Waals surface area (Å²) < 4.78 is 3.11. The first-order chi connectivity index (χ1) is 8.15. The molecule has 0 atom stereocenters. The fourth-order valence-electron chi connectivity index (χ4n) is 1.28. The number of halogens is 1. The van der Waals surface area contributed by atoms with Crippen LogP contribution in [0.2, 0.25) is 0 Å². The molecule has 1 heterocycles. The molecule has 18 heavy (non-hydrogen) atoms. The van der Waals surface area contributed by atoms with Crippen LogP contribution in [0.3, 0.4) is 0 Å². The molecule has 2 aromatic rings. The minimum absolute atomic E-state index is 0. The van der Waals surface area contributed by atoms with E-state index in [1.165, 1.54) is 29.4 Å². The highest BCUT2D eigenvalue weighted by Gasteiger charge is 2.04. The summed E-state index contributed by atoms with van der Waals surface area (Å²) in [5.74, 6) is 0. The molecule has 0 aliphatic rings. The van der Waals surface area contributed by atoms with E-state index in [-0.39, 0.29) is 29.7 Å². The average Bonchev–Trinajstić information content (AvgIpc) is 2.73. The first-order valence-corrected chi connectivity index (χ1v) is 4.84. The molecule has 0 aliphatic carbocycles. The second-order valence-electron chi connectivity index (χ2n) is 3.40. The Bertz CT molecular complexity index is 581. The molecule has 94 valence electrons. The van der Waals surface area contributed by atoms with Crippen LogP contribution in [0.4, 0.5) is 5.69 Å². The molecule has 1 aromatic carbocycles. The number of nitrogens with zero attached hydrogens (tertiary/aromatic N) is 5. The number of benzene rings is 1. The number of aryl methyl sites for hydroxylation is 1. The van der Waals surface area contributed by atoms with Crippen LogP contribution in [0.25, 0.3) is 0 Å². The van der Waals surface area contributed by atoms with E-state index in [1.807, 2.05) is 0 Å². The Morgan fingerprint density at radius 2 is 2.33 bits per heavy atom. The van der Waals surface area contributed by atoms with E-state index >= 15 is 0 Å². The Kier molecular flexibility index (Phi) is 4.89. The fraction of sp³-hybridized carbons (Fsp3) is 0.100. The Morgan fingerprint density at radius 1 is 1.56 bits per heavy atom. The second-order valence-corrected chi connectivity index (χ2v) is 3.40. The smallest absolute Gasteiger partial charge is 0.288 e. The summed E-state index contributed by atoms with van der Waals surface area (Å²) >= 11 is 0. The minimum atomic E-state index is -0.436. The molecule has 0 amide bonds. The van der Waals surface area contributed by atoms with E-state index in [0.717, 1.165) is 0 Å². The van der Waals surface area contributed by atoms with Gasteiger partial charge < -0.3 is 24.0 Å². The van der Waals surface area contributed by atoms with Crippen molar-refractivity contribution in [3.05, 3.63) is 52.6 Å². The van der Waals surface area contributed by atoms with Crippen molar-refractivity contribution >= 4 is 11.9 Å². The van der Waals surface area contributed by atoms with Crippen LogP contribution in [0.5, 0.6) is 0 Å². The first kappa shape index (κ1) is 14.2. The Hall–Kier alpha value is -1.84. The van der Waals surface area contributed by atoms with Crippen molar-refractivity contribution in [2.75, 3.05) is 0 Å². The van der Waals surface area contributed by atoms with Gasteiger partial charge in [-0.15, -0.1) is 14.5 Å². The van der Waals surface area contributed by atoms with Gasteiger partial charge in [-0.2, -0.15) is 0 Å². The molecule has 8 heteroatoms. The number of hydrogen-bond donors (Lipinski definition) is 0. The fourth-order valence-corrected chi connectivity index (χ4v) is 1.28. The van der Waals surface area contributed by atoms with Gasteiger partial charge in [0, 0.05) is 22.8 Å². The van der Waals surface area contributed by atoms with Crippen LogP contribution in [0.15, 0.2) is 42.0 Å². The summed E-state index contributed by atoms with van der Waals surface area (Å²) in [6.45, 7) is 0.